The Morgan fingerprint density at radius 2 is 1.45 bits per heavy atom. The highest BCUT2D eigenvalue weighted by molar-refractivity contribution is 5.97. The van der Waals surface area contributed by atoms with Crippen molar-refractivity contribution in [1.29, 1.82) is 0 Å². The lowest BCUT2D eigenvalue weighted by atomic mass is 10.1. The number of aromatic nitrogens is 2. The summed E-state index contributed by atoms with van der Waals surface area (Å²) in [5, 5.41) is 0. The van der Waals surface area contributed by atoms with Crippen molar-refractivity contribution in [2.24, 2.45) is 0 Å². The van der Waals surface area contributed by atoms with Gasteiger partial charge in [-0.15, -0.1) is 0 Å². The Morgan fingerprint density at radius 3 is 2.14 bits per heavy atom. The number of nitrogens with zero attached hydrogens (tertiary/aromatic N) is 4. The number of rotatable bonds is 3. The van der Waals surface area contributed by atoms with E-state index in [2.05, 4.69) is 9.97 Å². The summed E-state index contributed by atoms with van der Waals surface area (Å²) in [6.07, 6.45) is 0.400. The van der Waals surface area contributed by atoms with E-state index in [4.69, 9.17) is 0 Å². The van der Waals surface area contributed by atoms with Gasteiger partial charge in [-0.2, -0.15) is 0 Å². The molecule has 2 heterocycles. The number of benzene rings is 2. The molecule has 148 valence electrons. The largest absolute Gasteiger partial charge is 0.339 e. The molecule has 1 aliphatic rings. The van der Waals surface area contributed by atoms with E-state index >= 15 is 0 Å². The Bertz CT molecular complexity index is 1060. The number of fused-ring (bicyclic) bond motifs is 1. The molecular weight excluding hydrogens is 364 g/mol. The number of hydrogen-bond acceptors (Lipinski definition) is 4. The molecule has 2 aromatic carbocycles. The van der Waals surface area contributed by atoms with Crippen molar-refractivity contribution in [3.8, 4) is 0 Å². The van der Waals surface area contributed by atoms with Gasteiger partial charge in [-0.05, 0) is 37.6 Å². The first-order chi connectivity index (χ1) is 14.0. The van der Waals surface area contributed by atoms with Crippen molar-refractivity contribution in [2.45, 2.75) is 20.3 Å². The van der Waals surface area contributed by atoms with Gasteiger partial charge in [0.05, 0.1) is 28.8 Å². The highest BCUT2D eigenvalue weighted by Gasteiger charge is 2.25. The fourth-order valence-corrected chi connectivity index (χ4v) is 3.59. The average molecular weight is 388 g/mol. The predicted octanol–water partition coefficient (Wildman–Crippen LogP) is 2.77. The molecule has 6 nitrogen and oxygen atoms in total. The first-order valence-corrected chi connectivity index (χ1v) is 9.87. The third kappa shape index (κ3) is 4.11. The second kappa shape index (κ2) is 7.99. The molecule has 0 N–H and O–H groups in total. The molecule has 0 radical (unpaired) electrons. The van der Waals surface area contributed by atoms with Crippen LogP contribution >= 0.6 is 0 Å². The number of carbonyl (C=O) groups is 2. The SMILES string of the molecule is Cc1nc2ccc(C(=O)N3CCN(C(=O)Cc4ccccc4)CC3)cc2nc1C. The zero-order valence-corrected chi connectivity index (χ0v) is 16.8. The van der Waals surface area contributed by atoms with Crippen molar-refractivity contribution < 1.29 is 9.59 Å². The summed E-state index contributed by atoms with van der Waals surface area (Å²) in [7, 11) is 0. The Labute approximate surface area is 170 Å². The van der Waals surface area contributed by atoms with Crippen LogP contribution < -0.4 is 0 Å². The molecule has 0 saturated carbocycles. The fraction of sp³-hybridized carbons (Fsp3) is 0.304. The summed E-state index contributed by atoms with van der Waals surface area (Å²) < 4.78 is 0. The maximum Gasteiger partial charge on any atom is 0.254 e. The molecule has 1 aliphatic heterocycles. The quantitative estimate of drug-likeness (QED) is 0.692. The smallest absolute Gasteiger partial charge is 0.254 e. The van der Waals surface area contributed by atoms with Crippen LogP contribution in [0.3, 0.4) is 0 Å². The summed E-state index contributed by atoms with van der Waals surface area (Å²) >= 11 is 0. The number of carbonyl (C=O) groups excluding carboxylic acids is 2. The lowest BCUT2D eigenvalue weighted by Gasteiger charge is -2.35. The number of aryl methyl sites for hydroxylation is 2. The molecule has 3 aromatic rings. The van der Waals surface area contributed by atoms with Crippen LogP contribution in [0.5, 0.6) is 0 Å². The lowest BCUT2D eigenvalue weighted by molar-refractivity contribution is -0.131. The maximum absolute atomic E-state index is 12.9. The van der Waals surface area contributed by atoms with Gasteiger partial charge in [-0.1, -0.05) is 30.3 Å². The Balaban J connectivity index is 1.40. The molecule has 0 atom stereocenters. The molecular formula is C23H24N4O2. The summed E-state index contributed by atoms with van der Waals surface area (Å²) in [5.41, 5.74) is 4.91. The van der Waals surface area contributed by atoms with Gasteiger partial charge >= 0.3 is 0 Å². The zero-order valence-electron chi connectivity index (χ0n) is 16.8. The molecule has 1 fully saturated rings. The van der Waals surface area contributed by atoms with E-state index in [1.165, 1.54) is 0 Å². The van der Waals surface area contributed by atoms with Crippen LogP contribution in [-0.2, 0) is 11.2 Å². The Hall–Kier alpha value is -3.28. The van der Waals surface area contributed by atoms with Crippen LogP contribution in [0.15, 0.2) is 48.5 Å². The average Bonchev–Trinajstić information content (AvgIpc) is 2.74. The lowest BCUT2D eigenvalue weighted by Crippen LogP contribution is -2.51. The van der Waals surface area contributed by atoms with Crippen molar-refractivity contribution in [2.75, 3.05) is 26.2 Å². The zero-order chi connectivity index (χ0) is 20.4. The van der Waals surface area contributed by atoms with Crippen molar-refractivity contribution in [3.63, 3.8) is 0 Å². The molecule has 2 amide bonds. The van der Waals surface area contributed by atoms with Crippen LogP contribution in [-0.4, -0.2) is 57.8 Å². The molecule has 4 rings (SSSR count). The number of piperazine rings is 1. The van der Waals surface area contributed by atoms with E-state index in [1.807, 2.05) is 66.1 Å². The molecule has 0 unspecified atom stereocenters. The van der Waals surface area contributed by atoms with Crippen LogP contribution in [0.1, 0.15) is 27.3 Å². The first-order valence-electron chi connectivity index (χ1n) is 9.87. The van der Waals surface area contributed by atoms with E-state index in [0.29, 0.717) is 38.2 Å². The van der Waals surface area contributed by atoms with E-state index in [-0.39, 0.29) is 11.8 Å². The second-order valence-corrected chi connectivity index (χ2v) is 7.43. The first kappa shape index (κ1) is 19.1. The second-order valence-electron chi connectivity index (χ2n) is 7.43. The third-order valence-corrected chi connectivity index (χ3v) is 5.44. The van der Waals surface area contributed by atoms with Crippen LogP contribution in [0.4, 0.5) is 0 Å². The van der Waals surface area contributed by atoms with Crippen LogP contribution in [0.2, 0.25) is 0 Å². The van der Waals surface area contributed by atoms with Gasteiger partial charge in [-0.3, -0.25) is 9.59 Å². The van der Waals surface area contributed by atoms with Crippen LogP contribution in [0.25, 0.3) is 11.0 Å². The number of amides is 2. The number of hydrogen-bond donors (Lipinski definition) is 0. The van der Waals surface area contributed by atoms with Crippen molar-refractivity contribution >= 4 is 22.8 Å². The van der Waals surface area contributed by atoms with E-state index in [1.54, 1.807) is 6.07 Å². The summed E-state index contributed by atoms with van der Waals surface area (Å²) in [5.74, 6) is 0.0807. The van der Waals surface area contributed by atoms with E-state index < -0.39 is 0 Å². The van der Waals surface area contributed by atoms with Crippen molar-refractivity contribution in [3.05, 3.63) is 71.0 Å². The highest BCUT2D eigenvalue weighted by atomic mass is 16.2. The van der Waals surface area contributed by atoms with Gasteiger partial charge in [0.15, 0.2) is 0 Å². The van der Waals surface area contributed by atoms with Crippen molar-refractivity contribution in [1.82, 2.24) is 19.8 Å². The van der Waals surface area contributed by atoms with Gasteiger partial charge in [0.1, 0.15) is 0 Å². The molecule has 0 aliphatic carbocycles. The van der Waals surface area contributed by atoms with Gasteiger partial charge in [-0.25, -0.2) is 9.97 Å². The molecule has 0 spiro atoms. The monoisotopic (exact) mass is 388 g/mol. The molecule has 1 saturated heterocycles. The van der Waals surface area contributed by atoms with Crippen LogP contribution in [0, 0.1) is 13.8 Å². The standard InChI is InChI=1S/C23H24N4O2/c1-16-17(2)25-21-15-19(8-9-20(21)24-16)23(29)27-12-10-26(11-13-27)22(28)14-18-6-4-3-5-7-18/h3-9,15H,10-14H2,1-2H3. The predicted molar refractivity (Wildman–Crippen MR) is 112 cm³/mol. The Kier molecular flexibility index (Phi) is 5.25. The fourth-order valence-electron chi connectivity index (χ4n) is 3.59. The summed E-state index contributed by atoms with van der Waals surface area (Å²) in [4.78, 5) is 38.2. The van der Waals surface area contributed by atoms with Gasteiger partial charge in [0.2, 0.25) is 5.91 Å². The maximum atomic E-state index is 12.9. The normalized spacial score (nSPS) is 14.3. The summed E-state index contributed by atoms with van der Waals surface area (Å²) in [6, 6.07) is 15.2. The molecule has 0 bridgehead atoms. The van der Waals surface area contributed by atoms with Gasteiger partial charge < -0.3 is 9.80 Å². The van der Waals surface area contributed by atoms with E-state index in [9.17, 15) is 9.59 Å². The van der Waals surface area contributed by atoms with Gasteiger partial charge in [0, 0.05) is 31.7 Å². The molecule has 29 heavy (non-hydrogen) atoms. The minimum Gasteiger partial charge on any atom is -0.339 e. The minimum atomic E-state index is -0.0258. The Morgan fingerprint density at radius 1 is 0.828 bits per heavy atom. The molecule has 6 heteroatoms. The summed E-state index contributed by atoms with van der Waals surface area (Å²) in [6.45, 7) is 6.04. The van der Waals surface area contributed by atoms with Gasteiger partial charge in [0.25, 0.3) is 5.91 Å². The highest BCUT2D eigenvalue weighted by Crippen LogP contribution is 2.17. The third-order valence-electron chi connectivity index (χ3n) is 5.44. The molecule has 1 aromatic heterocycles. The van der Waals surface area contributed by atoms with E-state index in [0.717, 1.165) is 28.0 Å². The minimum absolute atomic E-state index is 0.0258. The topological polar surface area (TPSA) is 66.4 Å².